The minimum atomic E-state index is -0.761. The van der Waals surface area contributed by atoms with E-state index >= 15 is 0 Å². The average Bonchev–Trinajstić information content (AvgIpc) is 3.49. The highest BCUT2D eigenvalue weighted by Crippen LogP contribution is 2.36. The molecule has 1 unspecified atom stereocenters. The van der Waals surface area contributed by atoms with Crippen molar-refractivity contribution >= 4 is 29.2 Å². The molecule has 0 bridgehead atoms. The number of hydrogen-bond donors (Lipinski definition) is 1. The third kappa shape index (κ3) is 3.90. The summed E-state index contributed by atoms with van der Waals surface area (Å²) in [5.74, 6) is 0.502. The number of nitrogens with zero attached hydrogens (tertiary/aromatic N) is 8. The second kappa shape index (κ2) is 8.67. The number of ether oxygens (including phenoxy) is 1. The third-order valence-electron chi connectivity index (χ3n) is 5.89. The lowest BCUT2D eigenvalue weighted by molar-refractivity contribution is -0.142. The first kappa shape index (κ1) is 22.3. The Kier molecular flexibility index (Phi) is 5.51. The number of nitrogen functional groups attached to an aromatic ring is 1. The van der Waals surface area contributed by atoms with Gasteiger partial charge in [-0.25, -0.2) is 19.9 Å². The number of benzene rings is 1. The molecule has 0 saturated heterocycles. The molecule has 35 heavy (non-hydrogen) atoms. The molecule has 0 aliphatic carbocycles. The number of fused-ring (bicyclic) bond motifs is 1. The monoisotopic (exact) mass is 469 g/mol. The predicted octanol–water partition coefficient (Wildman–Crippen LogP) is 3.83. The van der Waals surface area contributed by atoms with Crippen LogP contribution >= 0.6 is 0 Å². The van der Waals surface area contributed by atoms with E-state index in [0.29, 0.717) is 28.4 Å². The molecule has 2 N–H and O–H groups in total. The lowest BCUT2D eigenvalue weighted by atomic mass is 9.85. The fourth-order valence-corrected chi connectivity index (χ4v) is 3.95. The summed E-state index contributed by atoms with van der Waals surface area (Å²) in [5.41, 5.74) is 9.44. The number of carbonyl (C=O) groups is 1. The lowest BCUT2D eigenvalue weighted by Gasteiger charge is -2.24. The summed E-state index contributed by atoms with van der Waals surface area (Å²) in [7, 11) is 0. The first-order valence-electron chi connectivity index (χ1n) is 11.0. The van der Waals surface area contributed by atoms with Crippen LogP contribution < -0.4 is 5.73 Å². The van der Waals surface area contributed by atoms with Crippen molar-refractivity contribution in [2.24, 2.45) is 21.4 Å². The van der Waals surface area contributed by atoms with Crippen LogP contribution in [0, 0.1) is 5.92 Å². The molecule has 4 aromatic rings. The van der Waals surface area contributed by atoms with Gasteiger partial charge >= 0.3 is 5.97 Å². The van der Waals surface area contributed by atoms with Gasteiger partial charge in [-0.15, -0.1) is 10.2 Å². The first-order chi connectivity index (χ1) is 16.9. The van der Waals surface area contributed by atoms with Crippen LogP contribution in [0.3, 0.4) is 0 Å². The van der Waals surface area contributed by atoms with Crippen molar-refractivity contribution in [1.29, 1.82) is 0 Å². The number of esters is 1. The van der Waals surface area contributed by atoms with Gasteiger partial charge in [-0.1, -0.05) is 26.0 Å². The minimum Gasteiger partial charge on any atom is -0.461 e. The van der Waals surface area contributed by atoms with E-state index in [-0.39, 0.29) is 24.3 Å². The molecule has 0 amide bonds. The Morgan fingerprint density at radius 3 is 2.51 bits per heavy atom. The van der Waals surface area contributed by atoms with Gasteiger partial charge in [-0.05, 0) is 41.0 Å². The summed E-state index contributed by atoms with van der Waals surface area (Å²) < 4.78 is 6.99. The average molecular weight is 470 g/mol. The summed E-state index contributed by atoms with van der Waals surface area (Å²) >= 11 is 0. The molecule has 4 heterocycles. The molecule has 1 aromatic carbocycles. The Morgan fingerprint density at radius 1 is 1.09 bits per heavy atom. The van der Waals surface area contributed by atoms with Crippen molar-refractivity contribution in [3.63, 3.8) is 0 Å². The number of aromatic nitrogens is 5. The number of imidazole rings is 1. The van der Waals surface area contributed by atoms with Crippen molar-refractivity contribution in [2.75, 3.05) is 5.73 Å². The number of nitrogens with two attached hydrogens (primary N) is 1. The van der Waals surface area contributed by atoms with E-state index in [2.05, 4.69) is 25.4 Å². The second-order valence-electron chi connectivity index (χ2n) is 8.46. The molecule has 0 fully saturated rings. The van der Waals surface area contributed by atoms with E-state index in [1.54, 1.807) is 12.4 Å². The Labute approximate surface area is 200 Å². The van der Waals surface area contributed by atoms with Crippen LogP contribution in [-0.4, -0.2) is 36.7 Å². The predicted molar refractivity (Wildman–Crippen MR) is 130 cm³/mol. The molecule has 0 radical (unpaired) electrons. The zero-order valence-electron chi connectivity index (χ0n) is 19.5. The van der Waals surface area contributed by atoms with E-state index < -0.39 is 5.54 Å². The molecule has 0 spiro atoms. The summed E-state index contributed by atoms with van der Waals surface area (Å²) in [6.07, 6.45) is 4.82. The van der Waals surface area contributed by atoms with Gasteiger partial charge in [0.25, 0.3) is 0 Å². The van der Waals surface area contributed by atoms with Gasteiger partial charge in [0.15, 0.2) is 22.8 Å². The van der Waals surface area contributed by atoms with Crippen molar-refractivity contribution in [3.8, 4) is 17.2 Å². The van der Waals surface area contributed by atoms with Gasteiger partial charge in [-0.3, -0.25) is 9.36 Å². The summed E-state index contributed by atoms with van der Waals surface area (Å²) in [5, 5.41) is 12.3. The third-order valence-corrected chi connectivity index (χ3v) is 5.89. The summed E-state index contributed by atoms with van der Waals surface area (Å²) in [6, 6.07) is 11.3. The molecular weight excluding hydrogens is 446 g/mol. The Hall–Kier alpha value is -4.54. The maximum absolute atomic E-state index is 11.2. The van der Waals surface area contributed by atoms with Gasteiger partial charge in [0, 0.05) is 25.0 Å². The zero-order chi connectivity index (χ0) is 24.6. The number of carbonyl (C=O) groups excluding carboxylic acids is 1. The maximum Gasteiger partial charge on any atom is 0.302 e. The van der Waals surface area contributed by atoms with Crippen molar-refractivity contribution in [1.82, 2.24) is 24.5 Å². The van der Waals surface area contributed by atoms with Crippen LogP contribution in [0.15, 0.2) is 64.2 Å². The van der Waals surface area contributed by atoms with Crippen molar-refractivity contribution < 1.29 is 9.53 Å². The fraction of sp³-hybridized carbons (Fsp3) is 0.250. The summed E-state index contributed by atoms with van der Waals surface area (Å²) in [6.45, 7) is 5.67. The molecule has 3 aromatic heterocycles. The Balaban J connectivity index is 1.71. The standard InChI is InChI=1S/C24H23N9O2/c1-14(2)24(13-28-32-31-24)19-9-8-18-22(30-19)33(23(29-18)20-21(25)27-11-10-26-20)17-6-4-16(5-7-17)12-35-15(3)34/h4-11,13-14H,12H2,1-3H3,(H2,25,27). The van der Waals surface area contributed by atoms with Gasteiger partial charge in [0.2, 0.25) is 0 Å². The lowest BCUT2D eigenvalue weighted by Crippen LogP contribution is -2.31. The highest BCUT2D eigenvalue weighted by atomic mass is 16.5. The highest BCUT2D eigenvalue weighted by Gasteiger charge is 2.39. The van der Waals surface area contributed by atoms with Gasteiger partial charge < -0.3 is 10.5 Å². The van der Waals surface area contributed by atoms with E-state index in [9.17, 15) is 4.79 Å². The largest absolute Gasteiger partial charge is 0.461 e. The highest BCUT2D eigenvalue weighted by molar-refractivity contribution is 5.83. The summed E-state index contributed by atoms with van der Waals surface area (Å²) in [4.78, 5) is 29.6. The van der Waals surface area contributed by atoms with Crippen molar-refractivity contribution in [3.05, 3.63) is 60.0 Å². The van der Waals surface area contributed by atoms with E-state index in [1.807, 2.05) is 54.8 Å². The Morgan fingerprint density at radius 2 is 1.86 bits per heavy atom. The molecular formula is C24H23N9O2. The fourth-order valence-electron chi connectivity index (χ4n) is 3.95. The smallest absolute Gasteiger partial charge is 0.302 e. The SMILES string of the molecule is CC(=O)OCc1ccc(-n2c(-c3nccnc3N)nc3ccc(C4(C(C)C)C=NN=N4)nc32)cc1. The van der Waals surface area contributed by atoms with E-state index in [1.165, 1.54) is 13.1 Å². The maximum atomic E-state index is 11.2. The molecule has 11 heteroatoms. The van der Waals surface area contributed by atoms with Crippen LogP contribution in [0.1, 0.15) is 32.0 Å². The number of anilines is 1. The van der Waals surface area contributed by atoms with Crippen molar-refractivity contribution in [2.45, 2.75) is 32.9 Å². The number of hydrogen-bond acceptors (Lipinski definition) is 10. The molecule has 5 rings (SSSR count). The number of rotatable bonds is 6. The quantitative estimate of drug-likeness (QED) is 0.422. The normalized spacial score (nSPS) is 16.9. The van der Waals surface area contributed by atoms with Gasteiger partial charge in [0.05, 0.1) is 11.9 Å². The van der Waals surface area contributed by atoms with Gasteiger partial charge in [-0.2, -0.15) is 0 Å². The van der Waals surface area contributed by atoms with E-state index in [4.69, 9.17) is 20.4 Å². The van der Waals surface area contributed by atoms with Crippen LogP contribution in [0.4, 0.5) is 5.82 Å². The second-order valence-corrected chi connectivity index (χ2v) is 8.46. The van der Waals surface area contributed by atoms with Crippen LogP contribution in [0.2, 0.25) is 0 Å². The molecule has 1 atom stereocenters. The van der Waals surface area contributed by atoms with E-state index in [0.717, 1.165) is 11.3 Å². The molecule has 0 saturated carbocycles. The minimum absolute atomic E-state index is 0.0782. The van der Waals surface area contributed by atoms with Crippen LogP contribution in [0.25, 0.3) is 28.4 Å². The molecule has 11 nitrogen and oxygen atoms in total. The van der Waals surface area contributed by atoms with Crippen LogP contribution in [0.5, 0.6) is 0 Å². The molecule has 176 valence electrons. The van der Waals surface area contributed by atoms with Crippen LogP contribution in [-0.2, 0) is 21.7 Å². The molecule has 1 aliphatic heterocycles. The topological polar surface area (TPSA) is 146 Å². The number of pyridine rings is 1. The Bertz CT molecular complexity index is 1460. The van der Waals surface area contributed by atoms with Gasteiger partial charge in [0.1, 0.15) is 17.8 Å². The first-order valence-corrected chi connectivity index (χ1v) is 11.0. The zero-order valence-corrected chi connectivity index (χ0v) is 19.5. The molecule has 1 aliphatic rings.